The van der Waals surface area contributed by atoms with E-state index in [0.29, 0.717) is 25.6 Å². The van der Waals surface area contributed by atoms with E-state index in [1.54, 1.807) is 24.3 Å². The first-order valence-corrected chi connectivity index (χ1v) is 6.62. The van der Waals surface area contributed by atoms with E-state index in [-0.39, 0.29) is 0 Å². The van der Waals surface area contributed by atoms with Gasteiger partial charge in [0, 0.05) is 10.0 Å². The predicted molar refractivity (Wildman–Crippen MR) is 74.6 cm³/mol. The molecule has 0 amide bonds. The predicted octanol–water partition coefficient (Wildman–Crippen LogP) is 4.98. The lowest BCUT2D eigenvalue weighted by atomic mass is 10.0. The third kappa shape index (κ3) is 2.86. The first kappa shape index (κ1) is 13.8. The van der Waals surface area contributed by atoms with E-state index in [4.69, 9.17) is 23.2 Å². The zero-order valence-electron chi connectivity index (χ0n) is 9.00. The second-order valence-corrected chi connectivity index (χ2v) is 5.41. The fourth-order valence-electron chi connectivity index (χ4n) is 1.59. The van der Waals surface area contributed by atoms with Gasteiger partial charge in [-0.2, -0.15) is 0 Å². The maximum absolute atomic E-state index is 13.2. The van der Waals surface area contributed by atoms with Crippen molar-refractivity contribution >= 4 is 39.1 Å². The minimum absolute atomic E-state index is 0.348. The van der Waals surface area contributed by atoms with E-state index >= 15 is 0 Å². The Morgan fingerprint density at radius 2 is 1.78 bits per heavy atom. The number of aliphatic hydroxyl groups excluding tert-OH is 1. The lowest BCUT2D eigenvalue weighted by molar-refractivity contribution is 0.219. The van der Waals surface area contributed by atoms with Crippen LogP contribution in [-0.2, 0) is 0 Å². The second kappa shape index (κ2) is 5.57. The molecular formula is C13H8BrCl2FO. The van der Waals surface area contributed by atoms with Crippen LogP contribution in [0.15, 0.2) is 40.9 Å². The molecule has 1 N–H and O–H groups in total. The molecule has 2 rings (SSSR count). The highest BCUT2D eigenvalue weighted by Crippen LogP contribution is 2.32. The highest BCUT2D eigenvalue weighted by Gasteiger charge is 2.15. The van der Waals surface area contributed by atoms with Crippen molar-refractivity contribution in [3.05, 3.63) is 67.9 Å². The molecule has 0 spiro atoms. The number of hydrogen-bond donors (Lipinski definition) is 1. The first-order valence-electron chi connectivity index (χ1n) is 5.07. The Kier molecular flexibility index (Phi) is 4.28. The fraction of sp³-hybridized carbons (Fsp3) is 0.0769. The Bertz CT molecular complexity index is 589. The molecule has 0 aliphatic carbocycles. The van der Waals surface area contributed by atoms with Crippen LogP contribution in [0.2, 0.25) is 10.0 Å². The average Bonchev–Trinajstić information content (AvgIpc) is 2.35. The number of halogens is 4. The summed E-state index contributed by atoms with van der Waals surface area (Å²) < 4.78 is 13.8. The van der Waals surface area contributed by atoms with Gasteiger partial charge in [-0.05, 0) is 35.9 Å². The molecule has 1 atom stereocenters. The third-order valence-corrected chi connectivity index (χ3v) is 3.97. The van der Waals surface area contributed by atoms with E-state index in [1.807, 2.05) is 0 Å². The summed E-state index contributed by atoms with van der Waals surface area (Å²) in [5, 5.41) is 11.0. The van der Waals surface area contributed by atoms with Crippen LogP contribution < -0.4 is 0 Å². The Morgan fingerprint density at radius 1 is 1.06 bits per heavy atom. The number of aliphatic hydroxyl groups is 1. The van der Waals surface area contributed by atoms with Gasteiger partial charge in [-0.25, -0.2) is 4.39 Å². The SMILES string of the molecule is OC(c1ccc(Cl)c(Cl)c1)c1cc(F)ccc1Br. The molecular weight excluding hydrogens is 342 g/mol. The molecule has 0 aliphatic heterocycles. The summed E-state index contributed by atoms with van der Waals surface area (Å²) in [6.45, 7) is 0. The highest BCUT2D eigenvalue weighted by atomic mass is 79.9. The Hall–Kier alpha value is -0.610. The van der Waals surface area contributed by atoms with Crippen molar-refractivity contribution in [1.82, 2.24) is 0 Å². The Labute approximate surface area is 122 Å². The molecule has 0 aliphatic rings. The molecule has 0 saturated heterocycles. The molecule has 2 aromatic rings. The van der Waals surface area contributed by atoms with Crippen molar-refractivity contribution in [2.24, 2.45) is 0 Å². The largest absolute Gasteiger partial charge is 0.384 e. The Balaban J connectivity index is 2.44. The van der Waals surface area contributed by atoms with E-state index in [9.17, 15) is 9.50 Å². The second-order valence-electron chi connectivity index (χ2n) is 3.74. The molecule has 1 nitrogen and oxygen atoms in total. The average molecular weight is 350 g/mol. The molecule has 0 bridgehead atoms. The summed E-state index contributed by atoms with van der Waals surface area (Å²) >= 11 is 15.0. The molecule has 1 unspecified atom stereocenters. The fourth-order valence-corrected chi connectivity index (χ4v) is 2.36. The number of rotatable bonds is 2. The maximum Gasteiger partial charge on any atom is 0.123 e. The minimum Gasteiger partial charge on any atom is -0.384 e. The van der Waals surface area contributed by atoms with Crippen LogP contribution in [-0.4, -0.2) is 5.11 Å². The summed E-state index contributed by atoms with van der Waals surface area (Å²) in [7, 11) is 0. The summed E-state index contributed by atoms with van der Waals surface area (Å²) in [5.74, 6) is -0.410. The van der Waals surface area contributed by atoms with Crippen molar-refractivity contribution in [1.29, 1.82) is 0 Å². The van der Waals surface area contributed by atoms with Gasteiger partial charge < -0.3 is 5.11 Å². The van der Waals surface area contributed by atoms with Crippen LogP contribution in [0.1, 0.15) is 17.2 Å². The number of benzene rings is 2. The molecule has 0 radical (unpaired) electrons. The standard InChI is InChI=1S/C13H8BrCl2FO/c14-10-3-2-8(17)6-9(10)13(18)7-1-4-11(15)12(16)5-7/h1-6,13,18H. The van der Waals surface area contributed by atoms with Gasteiger partial charge >= 0.3 is 0 Å². The van der Waals surface area contributed by atoms with Gasteiger partial charge in [-0.3, -0.25) is 0 Å². The number of hydrogen-bond acceptors (Lipinski definition) is 1. The lowest BCUT2D eigenvalue weighted by Gasteiger charge is -2.14. The topological polar surface area (TPSA) is 20.2 Å². The van der Waals surface area contributed by atoms with Crippen LogP contribution >= 0.6 is 39.1 Å². The molecule has 0 aromatic heterocycles. The van der Waals surface area contributed by atoms with Gasteiger partial charge in [0.25, 0.3) is 0 Å². The summed E-state index contributed by atoms with van der Waals surface area (Å²) in [5.41, 5.74) is 0.990. The van der Waals surface area contributed by atoms with Gasteiger partial charge in [0.1, 0.15) is 11.9 Å². The minimum atomic E-state index is -0.968. The summed E-state index contributed by atoms with van der Waals surface area (Å²) in [6, 6.07) is 8.94. The maximum atomic E-state index is 13.2. The zero-order chi connectivity index (χ0) is 13.3. The third-order valence-electron chi connectivity index (χ3n) is 2.51. The van der Waals surface area contributed by atoms with E-state index < -0.39 is 11.9 Å². The van der Waals surface area contributed by atoms with Crippen LogP contribution in [0.4, 0.5) is 4.39 Å². The lowest BCUT2D eigenvalue weighted by Crippen LogP contribution is -2.01. The summed E-state index contributed by atoms with van der Waals surface area (Å²) in [6.07, 6.45) is -0.968. The van der Waals surface area contributed by atoms with Crippen LogP contribution in [0.5, 0.6) is 0 Å². The molecule has 0 heterocycles. The normalized spacial score (nSPS) is 12.5. The van der Waals surface area contributed by atoms with E-state index in [1.165, 1.54) is 12.1 Å². The highest BCUT2D eigenvalue weighted by molar-refractivity contribution is 9.10. The van der Waals surface area contributed by atoms with Crippen molar-refractivity contribution in [3.63, 3.8) is 0 Å². The van der Waals surface area contributed by atoms with Gasteiger partial charge in [0.05, 0.1) is 10.0 Å². The summed E-state index contributed by atoms with van der Waals surface area (Å²) in [4.78, 5) is 0. The molecule has 2 aromatic carbocycles. The molecule has 0 fully saturated rings. The van der Waals surface area contributed by atoms with E-state index in [2.05, 4.69) is 15.9 Å². The zero-order valence-corrected chi connectivity index (χ0v) is 12.1. The van der Waals surface area contributed by atoms with Crippen molar-refractivity contribution in [2.45, 2.75) is 6.10 Å². The van der Waals surface area contributed by atoms with Crippen LogP contribution in [0.25, 0.3) is 0 Å². The van der Waals surface area contributed by atoms with Crippen LogP contribution in [0.3, 0.4) is 0 Å². The molecule has 5 heteroatoms. The van der Waals surface area contributed by atoms with Gasteiger partial charge in [-0.1, -0.05) is 45.2 Å². The molecule has 94 valence electrons. The Morgan fingerprint density at radius 3 is 2.44 bits per heavy atom. The monoisotopic (exact) mass is 348 g/mol. The van der Waals surface area contributed by atoms with Gasteiger partial charge in [0.15, 0.2) is 0 Å². The van der Waals surface area contributed by atoms with Crippen molar-refractivity contribution < 1.29 is 9.50 Å². The van der Waals surface area contributed by atoms with Crippen LogP contribution in [0, 0.1) is 5.82 Å². The smallest absolute Gasteiger partial charge is 0.123 e. The molecule has 0 saturated carbocycles. The first-order chi connectivity index (χ1) is 8.49. The van der Waals surface area contributed by atoms with Crippen molar-refractivity contribution in [2.75, 3.05) is 0 Å². The van der Waals surface area contributed by atoms with Crippen molar-refractivity contribution in [3.8, 4) is 0 Å². The molecule has 18 heavy (non-hydrogen) atoms. The quantitative estimate of drug-likeness (QED) is 0.810. The van der Waals surface area contributed by atoms with Gasteiger partial charge in [0.2, 0.25) is 0 Å². The van der Waals surface area contributed by atoms with E-state index in [0.717, 1.165) is 0 Å². The van der Waals surface area contributed by atoms with Gasteiger partial charge in [-0.15, -0.1) is 0 Å².